The number of ether oxygens (including phenoxy) is 2. The molecule has 0 unspecified atom stereocenters. The van der Waals surface area contributed by atoms with E-state index in [9.17, 15) is 14.4 Å². The van der Waals surface area contributed by atoms with Gasteiger partial charge in [-0.2, -0.15) is 0 Å². The molecule has 0 saturated carbocycles. The fourth-order valence-corrected chi connectivity index (χ4v) is 2.44. The molecule has 0 spiro atoms. The molecule has 2 N–H and O–H groups in total. The van der Waals surface area contributed by atoms with E-state index in [-0.39, 0.29) is 18.9 Å². The lowest BCUT2D eigenvalue weighted by molar-refractivity contribution is -0.153. The van der Waals surface area contributed by atoms with Crippen molar-refractivity contribution in [2.24, 2.45) is 0 Å². The number of hydrogen-bond donors (Lipinski definition) is 2. The number of esters is 1. The van der Waals surface area contributed by atoms with Gasteiger partial charge in [-0.1, -0.05) is 30.3 Å². The van der Waals surface area contributed by atoms with Gasteiger partial charge >= 0.3 is 5.97 Å². The number of ketones is 1. The van der Waals surface area contributed by atoms with Crippen LogP contribution in [0.25, 0.3) is 0 Å². The van der Waals surface area contributed by atoms with Crippen LogP contribution in [0.2, 0.25) is 0 Å². The molecule has 1 rings (SSSR count). The quantitative estimate of drug-likeness (QED) is 0.429. The molecule has 0 bridgehead atoms. The van der Waals surface area contributed by atoms with E-state index in [0.29, 0.717) is 19.2 Å². The summed E-state index contributed by atoms with van der Waals surface area (Å²) in [5.41, 5.74) is 0.936. The molecule has 148 valence electrons. The lowest BCUT2D eigenvalue weighted by atomic mass is 10.1. The van der Waals surface area contributed by atoms with E-state index in [0.717, 1.165) is 5.56 Å². The van der Waals surface area contributed by atoms with Gasteiger partial charge in [0.05, 0.1) is 12.3 Å². The minimum absolute atomic E-state index is 0.0281. The van der Waals surface area contributed by atoms with Gasteiger partial charge in [-0.25, -0.2) is 4.79 Å². The zero-order chi connectivity index (χ0) is 20.2. The molecule has 0 aliphatic rings. The van der Waals surface area contributed by atoms with Crippen molar-refractivity contribution in [3.63, 3.8) is 0 Å². The number of benzene rings is 1. The fourth-order valence-electron chi connectivity index (χ4n) is 2.44. The Kier molecular flexibility index (Phi) is 9.96. The van der Waals surface area contributed by atoms with Crippen molar-refractivity contribution in [1.82, 2.24) is 5.32 Å². The summed E-state index contributed by atoms with van der Waals surface area (Å²) in [5, 5.41) is 9.61. The molecule has 1 aromatic rings. The fraction of sp³-hybridized carbons (Fsp3) is 0.500. The van der Waals surface area contributed by atoms with Crippen molar-refractivity contribution in [3.05, 3.63) is 35.9 Å². The molecule has 27 heavy (non-hydrogen) atoms. The van der Waals surface area contributed by atoms with Crippen LogP contribution >= 0.6 is 0 Å². The van der Waals surface area contributed by atoms with Gasteiger partial charge in [0, 0.05) is 19.4 Å². The van der Waals surface area contributed by atoms with Gasteiger partial charge in [-0.15, -0.1) is 0 Å². The molecule has 2 atom stereocenters. The van der Waals surface area contributed by atoms with Crippen LogP contribution in [0.4, 0.5) is 0 Å². The van der Waals surface area contributed by atoms with Gasteiger partial charge in [0.15, 0.2) is 5.78 Å². The average Bonchev–Trinajstić information content (AvgIpc) is 2.64. The van der Waals surface area contributed by atoms with E-state index < -0.39 is 29.8 Å². The summed E-state index contributed by atoms with van der Waals surface area (Å²) >= 11 is 0. The number of nitrogens with one attached hydrogen (secondary N) is 2. The molecule has 0 fully saturated rings. The zero-order valence-electron chi connectivity index (χ0n) is 16.1. The highest BCUT2D eigenvalue weighted by Gasteiger charge is 2.28. The van der Waals surface area contributed by atoms with Crippen molar-refractivity contribution in [2.45, 2.75) is 58.3 Å². The third-order valence-corrected chi connectivity index (χ3v) is 3.72. The molecule has 7 nitrogen and oxygen atoms in total. The van der Waals surface area contributed by atoms with Crippen LogP contribution < -0.4 is 5.32 Å². The maximum absolute atomic E-state index is 12.7. The molecule has 1 aromatic carbocycles. The third kappa shape index (κ3) is 8.59. The van der Waals surface area contributed by atoms with E-state index >= 15 is 0 Å². The van der Waals surface area contributed by atoms with E-state index in [1.807, 2.05) is 30.3 Å². The first-order valence-electron chi connectivity index (χ1n) is 9.07. The maximum atomic E-state index is 12.7. The zero-order valence-corrected chi connectivity index (χ0v) is 16.1. The number of Topliss-reactive ketones (excluding diaryl/α,β-unsaturated/α-hetero) is 1. The van der Waals surface area contributed by atoms with E-state index in [2.05, 4.69) is 5.32 Å². The summed E-state index contributed by atoms with van der Waals surface area (Å²) in [4.78, 5) is 36.4. The molecule has 0 aliphatic carbocycles. The molecule has 0 aliphatic heterocycles. The Morgan fingerprint density at radius 2 is 1.85 bits per heavy atom. The van der Waals surface area contributed by atoms with Crippen LogP contribution in [-0.2, 0) is 30.3 Å². The minimum atomic E-state index is -0.970. The summed E-state index contributed by atoms with van der Waals surface area (Å²) in [5.74, 6) is -1.46. The van der Waals surface area contributed by atoms with Crippen LogP contribution in [0.1, 0.15) is 39.2 Å². The predicted molar refractivity (Wildman–Crippen MR) is 102 cm³/mol. The second-order valence-corrected chi connectivity index (χ2v) is 6.33. The van der Waals surface area contributed by atoms with Gasteiger partial charge in [0.1, 0.15) is 12.1 Å². The Balaban J connectivity index is 2.83. The van der Waals surface area contributed by atoms with Crippen molar-refractivity contribution in [3.8, 4) is 0 Å². The summed E-state index contributed by atoms with van der Waals surface area (Å²) in [7, 11) is 0. The summed E-state index contributed by atoms with van der Waals surface area (Å²) < 4.78 is 10.7. The third-order valence-electron chi connectivity index (χ3n) is 3.72. The number of carbonyl (C=O) groups is 3. The van der Waals surface area contributed by atoms with Gasteiger partial charge in [-0.05, 0) is 32.8 Å². The topological polar surface area (TPSA) is 106 Å². The van der Waals surface area contributed by atoms with Crippen molar-refractivity contribution >= 4 is 23.9 Å². The molecular formula is C20H28N2O5. The number of hydrogen-bond acceptors (Lipinski definition) is 6. The normalized spacial score (nSPS) is 12.9. The molecule has 0 heterocycles. The highest BCUT2D eigenvalue weighted by molar-refractivity contribution is 6.26. The monoisotopic (exact) mass is 376 g/mol. The lowest BCUT2D eigenvalue weighted by Crippen LogP contribution is -2.48. The van der Waals surface area contributed by atoms with Crippen molar-refractivity contribution < 1.29 is 23.9 Å². The van der Waals surface area contributed by atoms with Crippen molar-refractivity contribution in [2.75, 3.05) is 6.61 Å². The minimum Gasteiger partial charge on any atom is -0.461 e. The average molecular weight is 376 g/mol. The molecule has 0 aromatic heterocycles. The summed E-state index contributed by atoms with van der Waals surface area (Å²) in [6, 6.07) is 8.46. The summed E-state index contributed by atoms with van der Waals surface area (Å²) in [6.07, 6.45) is -0.000690. The van der Waals surface area contributed by atoms with Crippen LogP contribution in [0.3, 0.4) is 0 Å². The Hall–Kier alpha value is -2.54. The Morgan fingerprint density at radius 1 is 1.19 bits per heavy atom. The second-order valence-electron chi connectivity index (χ2n) is 6.33. The van der Waals surface area contributed by atoms with E-state index in [4.69, 9.17) is 14.9 Å². The maximum Gasteiger partial charge on any atom is 0.328 e. The van der Waals surface area contributed by atoms with Gasteiger partial charge in [0.2, 0.25) is 5.91 Å². The molecular weight excluding hydrogens is 348 g/mol. The van der Waals surface area contributed by atoms with E-state index in [1.54, 1.807) is 20.8 Å². The largest absolute Gasteiger partial charge is 0.461 e. The molecule has 7 heteroatoms. The number of carbonyl (C=O) groups excluding carboxylic acids is 3. The lowest BCUT2D eigenvalue weighted by Gasteiger charge is -2.22. The SMILES string of the molecule is CCO[C@@H](Cc1ccccc1)C(=O)N[C@@H](CCC(=O)C=N)C(=O)OC(C)C. The molecule has 0 saturated heterocycles. The molecule has 1 amide bonds. The first kappa shape index (κ1) is 22.5. The van der Waals surface area contributed by atoms with Crippen LogP contribution in [0, 0.1) is 5.41 Å². The smallest absolute Gasteiger partial charge is 0.328 e. The van der Waals surface area contributed by atoms with Crippen molar-refractivity contribution in [1.29, 1.82) is 5.41 Å². The van der Waals surface area contributed by atoms with Gasteiger partial charge < -0.3 is 20.2 Å². The van der Waals surface area contributed by atoms with Crippen LogP contribution in [0.15, 0.2) is 30.3 Å². The standard InChI is InChI=1S/C20H28N2O5/c1-4-26-18(12-15-8-6-5-7-9-15)19(24)22-17(11-10-16(23)13-21)20(25)27-14(2)3/h5-9,13-14,17-18,21H,4,10-12H2,1-3H3,(H,22,24)/t17-,18-/m0/s1. The first-order chi connectivity index (χ1) is 12.9. The first-order valence-corrected chi connectivity index (χ1v) is 9.07. The number of rotatable bonds is 12. The highest BCUT2D eigenvalue weighted by Crippen LogP contribution is 2.09. The Morgan fingerprint density at radius 3 is 2.41 bits per heavy atom. The van der Waals surface area contributed by atoms with Crippen LogP contribution in [-0.4, -0.2) is 48.7 Å². The Labute approximate surface area is 159 Å². The summed E-state index contributed by atoms with van der Waals surface area (Å²) in [6.45, 7) is 5.55. The predicted octanol–water partition coefficient (Wildman–Crippen LogP) is 2.07. The molecule has 0 radical (unpaired) electrons. The second kappa shape index (κ2) is 12.0. The van der Waals surface area contributed by atoms with Gasteiger partial charge in [-0.3, -0.25) is 9.59 Å². The van der Waals surface area contributed by atoms with Gasteiger partial charge in [0.25, 0.3) is 0 Å². The number of amides is 1. The highest BCUT2D eigenvalue weighted by atomic mass is 16.5. The Bertz CT molecular complexity index is 631. The van der Waals surface area contributed by atoms with Crippen LogP contribution in [0.5, 0.6) is 0 Å². The van der Waals surface area contributed by atoms with E-state index in [1.165, 1.54) is 0 Å².